The summed E-state index contributed by atoms with van der Waals surface area (Å²) in [6, 6.07) is 0.264. The number of likely N-dealkylation sites (tertiary alicyclic amines) is 1. The van der Waals surface area contributed by atoms with Crippen LogP contribution in [0.5, 0.6) is 0 Å². The van der Waals surface area contributed by atoms with Crippen LogP contribution in [0, 0.1) is 0 Å². The first kappa shape index (κ1) is 12.2. The summed E-state index contributed by atoms with van der Waals surface area (Å²) >= 11 is 0. The molecule has 0 aromatic rings. The number of carbonyl (C=O) groups excluding carboxylic acids is 2. The van der Waals surface area contributed by atoms with Crippen molar-refractivity contribution < 1.29 is 9.59 Å². The second-order valence-corrected chi connectivity index (χ2v) is 4.15. The average Bonchev–Trinajstić information content (AvgIpc) is 2.17. The van der Waals surface area contributed by atoms with Crippen molar-refractivity contribution in [1.29, 1.82) is 0 Å². The predicted molar refractivity (Wildman–Crippen MR) is 58.6 cm³/mol. The van der Waals surface area contributed by atoms with E-state index in [1.54, 1.807) is 0 Å². The van der Waals surface area contributed by atoms with Crippen LogP contribution in [0.4, 0.5) is 0 Å². The minimum atomic E-state index is -0.127. The molecule has 0 saturated carbocycles. The second-order valence-electron chi connectivity index (χ2n) is 4.15. The van der Waals surface area contributed by atoms with Crippen molar-refractivity contribution >= 4 is 11.7 Å². The van der Waals surface area contributed by atoms with E-state index in [4.69, 9.17) is 0 Å². The minimum Gasteiger partial charge on any atom is -0.353 e. The van der Waals surface area contributed by atoms with Gasteiger partial charge in [-0.1, -0.05) is 6.92 Å². The van der Waals surface area contributed by atoms with Gasteiger partial charge in [0.1, 0.15) is 5.78 Å². The molecule has 0 radical (unpaired) electrons. The largest absolute Gasteiger partial charge is 0.353 e. The Morgan fingerprint density at radius 2 is 1.93 bits per heavy atom. The molecule has 4 nitrogen and oxygen atoms in total. The van der Waals surface area contributed by atoms with Gasteiger partial charge in [-0.25, -0.2) is 0 Å². The highest BCUT2D eigenvalue weighted by molar-refractivity contribution is 5.96. The highest BCUT2D eigenvalue weighted by Crippen LogP contribution is 2.09. The Morgan fingerprint density at radius 3 is 2.40 bits per heavy atom. The molecule has 86 valence electrons. The summed E-state index contributed by atoms with van der Waals surface area (Å²) in [5, 5.41) is 2.91. The van der Waals surface area contributed by atoms with Crippen LogP contribution >= 0.6 is 0 Å². The van der Waals surface area contributed by atoms with E-state index in [0.29, 0.717) is 0 Å². The van der Waals surface area contributed by atoms with Crippen LogP contribution in [0.1, 0.15) is 33.1 Å². The van der Waals surface area contributed by atoms with Gasteiger partial charge in [0.25, 0.3) is 0 Å². The van der Waals surface area contributed by atoms with Gasteiger partial charge in [0.2, 0.25) is 5.91 Å². The summed E-state index contributed by atoms with van der Waals surface area (Å²) < 4.78 is 0. The fourth-order valence-electron chi connectivity index (χ4n) is 1.90. The van der Waals surface area contributed by atoms with Crippen LogP contribution in [0.3, 0.4) is 0 Å². The molecule has 0 aromatic heterocycles. The Balaban J connectivity index is 2.23. The molecule has 4 heteroatoms. The smallest absolute Gasteiger partial charge is 0.227 e. The van der Waals surface area contributed by atoms with Crippen LogP contribution in [-0.4, -0.2) is 42.3 Å². The Morgan fingerprint density at radius 1 is 1.33 bits per heavy atom. The van der Waals surface area contributed by atoms with Crippen LogP contribution in [0.2, 0.25) is 0 Å². The maximum atomic E-state index is 11.3. The van der Waals surface area contributed by atoms with Gasteiger partial charge in [-0.05, 0) is 26.3 Å². The van der Waals surface area contributed by atoms with Gasteiger partial charge in [0.15, 0.2) is 0 Å². The topological polar surface area (TPSA) is 49.4 Å². The SMILES string of the molecule is CCN1CCC(NC(=O)CC(C)=O)CC1. The summed E-state index contributed by atoms with van der Waals surface area (Å²) in [4.78, 5) is 24.4. The van der Waals surface area contributed by atoms with Crippen LogP contribution in [-0.2, 0) is 9.59 Å². The van der Waals surface area contributed by atoms with Crippen molar-refractivity contribution in [3.63, 3.8) is 0 Å². The van der Waals surface area contributed by atoms with Crippen molar-refractivity contribution in [1.82, 2.24) is 10.2 Å². The first-order valence-electron chi connectivity index (χ1n) is 5.63. The Kier molecular flexibility index (Phi) is 4.75. The van der Waals surface area contributed by atoms with Gasteiger partial charge in [0.05, 0.1) is 6.42 Å². The quantitative estimate of drug-likeness (QED) is 0.693. The minimum absolute atomic E-state index is 0.0218. The third kappa shape index (κ3) is 4.42. The molecule has 1 fully saturated rings. The summed E-state index contributed by atoms with van der Waals surface area (Å²) in [5.41, 5.74) is 0. The Bertz CT molecular complexity index is 233. The van der Waals surface area contributed by atoms with E-state index < -0.39 is 0 Å². The lowest BCUT2D eigenvalue weighted by Gasteiger charge is -2.31. The molecule has 0 aromatic carbocycles. The van der Waals surface area contributed by atoms with Crippen LogP contribution in [0.25, 0.3) is 0 Å². The number of piperidine rings is 1. The lowest BCUT2D eigenvalue weighted by molar-refractivity contribution is -0.127. The molecule has 0 aliphatic carbocycles. The molecular weight excluding hydrogens is 192 g/mol. The fraction of sp³-hybridized carbons (Fsp3) is 0.818. The zero-order valence-corrected chi connectivity index (χ0v) is 9.58. The molecule has 0 unspecified atom stereocenters. The van der Waals surface area contributed by atoms with Crippen LogP contribution < -0.4 is 5.32 Å². The summed E-state index contributed by atoms with van der Waals surface area (Å²) in [6.07, 6.45) is 2.02. The normalized spacial score (nSPS) is 18.8. The number of Topliss-reactive ketones (excluding diaryl/α,β-unsaturated/α-hetero) is 1. The third-order valence-corrected chi connectivity index (χ3v) is 2.81. The number of amides is 1. The molecule has 0 bridgehead atoms. The van der Waals surface area contributed by atoms with Crippen molar-refractivity contribution in [2.75, 3.05) is 19.6 Å². The monoisotopic (exact) mass is 212 g/mol. The van der Waals surface area contributed by atoms with Crippen molar-refractivity contribution in [2.24, 2.45) is 0 Å². The van der Waals surface area contributed by atoms with Crippen molar-refractivity contribution in [3.05, 3.63) is 0 Å². The molecule has 1 rings (SSSR count). The number of nitrogens with zero attached hydrogens (tertiary/aromatic N) is 1. The highest BCUT2D eigenvalue weighted by atomic mass is 16.2. The van der Waals surface area contributed by atoms with Gasteiger partial charge >= 0.3 is 0 Å². The van der Waals surface area contributed by atoms with E-state index >= 15 is 0 Å². The molecule has 0 atom stereocenters. The summed E-state index contributed by atoms with van der Waals surface area (Å²) in [7, 11) is 0. The van der Waals surface area contributed by atoms with Gasteiger partial charge in [-0.2, -0.15) is 0 Å². The number of carbonyl (C=O) groups is 2. The van der Waals surface area contributed by atoms with Gasteiger partial charge in [-0.3, -0.25) is 9.59 Å². The zero-order chi connectivity index (χ0) is 11.3. The first-order chi connectivity index (χ1) is 7.11. The number of hydrogen-bond acceptors (Lipinski definition) is 3. The molecular formula is C11H20N2O2. The second kappa shape index (κ2) is 5.85. The zero-order valence-electron chi connectivity index (χ0n) is 9.58. The summed E-state index contributed by atoms with van der Waals surface area (Å²) in [5.74, 6) is -0.198. The Labute approximate surface area is 91.0 Å². The van der Waals surface area contributed by atoms with Crippen molar-refractivity contribution in [3.8, 4) is 0 Å². The maximum absolute atomic E-state index is 11.3. The molecule has 15 heavy (non-hydrogen) atoms. The molecule has 1 aliphatic rings. The molecule has 1 aliphatic heterocycles. The van der Waals surface area contributed by atoms with Gasteiger partial charge < -0.3 is 10.2 Å². The molecule has 1 N–H and O–H groups in total. The number of nitrogens with one attached hydrogen (secondary N) is 1. The molecule has 1 saturated heterocycles. The Hall–Kier alpha value is -0.900. The first-order valence-corrected chi connectivity index (χ1v) is 5.63. The van der Waals surface area contributed by atoms with E-state index in [9.17, 15) is 9.59 Å². The number of ketones is 1. The van der Waals surface area contributed by atoms with Gasteiger partial charge in [0, 0.05) is 19.1 Å². The van der Waals surface area contributed by atoms with E-state index in [1.807, 2.05) is 0 Å². The van der Waals surface area contributed by atoms with E-state index in [0.717, 1.165) is 32.5 Å². The maximum Gasteiger partial charge on any atom is 0.227 e. The van der Waals surface area contributed by atoms with Crippen LogP contribution in [0.15, 0.2) is 0 Å². The average molecular weight is 212 g/mol. The lowest BCUT2D eigenvalue weighted by Crippen LogP contribution is -2.44. The van der Waals surface area contributed by atoms with Crippen molar-refractivity contribution in [2.45, 2.75) is 39.2 Å². The third-order valence-electron chi connectivity index (χ3n) is 2.81. The van der Waals surface area contributed by atoms with E-state index in [1.165, 1.54) is 6.92 Å². The molecule has 1 heterocycles. The standard InChI is InChI=1S/C11H20N2O2/c1-3-13-6-4-10(5-7-13)12-11(15)8-9(2)14/h10H,3-8H2,1-2H3,(H,12,15). The van der Waals surface area contributed by atoms with Gasteiger partial charge in [-0.15, -0.1) is 0 Å². The van der Waals surface area contributed by atoms with E-state index in [2.05, 4.69) is 17.1 Å². The summed E-state index contributed by atoms with van der Waals surface area (Å²) in [6.45, 7) is 6.76. The molecule has 1 amide bonds. The number of rotatable bonds is 4. The molecule has 0 spiro atoms. The highest BCUT2D eigenvalue weighted by Gasteiger charge is 2.19. The lowest BCUT2D eigenvalue weighted by atomic mass is 10.0. The number of hydrogen-bond donors (Lipinski definition) is 1. The van der Waals surface area contributed by atoms with E-state index in [-0.39, 0.29) is 24.2 Å². The fourth-order valence-corrected chi connectivity index (χ4v) is 1.90. The predicted octanol–water partition coefficient (Wildman–Crippen LogP) is 0.566.